The topological polar surface area (TPSA) is 45.2 Å². The molecule has 1 amide bonds. The normalized spacial score (nSPS) is 16.8. The van der Waals surface area contributed by atoms with Crippen LogP contribution in [0.2, 0.25) is 0 Å². The third-order valence-corrected chi connectivity index (χ3v) is 3.92. The first-order valence-electron chi connectivity index (χ1n) is 7.86. The summed E-state index contributed by atoms with van der Waals surface area (Å²) in [6, 6.07) is 4.12. The second kappa shape index (κ2) is 6.92. The van der Waals surface area contributed by atoms with Gasteiger partial charge in [-0.3, -0.25) is 9.78 Å². The monoisotopic (exact) mass is 289 g/mol. The fraction of sp³-hybridized carbons (Fsp3) is 0.647. The van der Waals surface area contributed by atoms with Crippen molar-refractivity contribution in [2.24, 2.45) is 11.3 Å². The lowest BCUT2D eigenvalue weighted by Crippen LogP contribution is -2.39. The van der Waals surface area contributed by atoms with Crippen LogP contribution in [0, 0.1) is 11.3 Å². The van der Waals surface area contributed by atoms with E-state index < -0.39 is 0 Å². The standard InChI is InChI=1S/C17H27N3O/c1-17(2,3)12-16(21)19-13-14-6-10-20(11-7-14)15-4-8-18-9-5-15/h4-5,8-9,14H,6-7,10-13H2,1-3H3,(H,19,21). The molecule has 2 heterocycles. The molecular formula is C17H27N3O. The van der Waals surface area contributed by atoms with Crippen LogP contribution < -0.4 is 10.2 Å². The summed E-state index contributed by atoms with van der Waals surface area (Å²) in [4.78, 5) is 18.3. The molecule has 0 aromatic carbocycles. The summed E-state index contributed by atoms with van der Waals surface area (Å²) in [6.45, 7) is 9.23. The minimum Gasteiger partial charge on any atom is -0.371 e. The summed E-state index contributed by atoms with van der Waals surface area (Å²) >= 11 is 0. The van der Waals surface area contributed by atoms with Crippen molar-refractivity contribution < 1.29 is 4.79 Å². The lowest BCUT2D eigenvalue weighted by Gasteiger charge is -2.33. The molecule has 0 unspecified atom stereocenters. The summed E-state index contributed by atoms with van der Waals surface area (Å²) in [5.74, 6) is 0.783. The minimum absolute atomic E-state index is 0.0643. The summed E-state index contributed by atoms with van der Waals surface area (Å²) in [7, 11) is 0. The highest BCUT2D eigenvalue weighted by molar-refractivity contribution is 5.76. The Morgan fingerprint density at radius 3 is 2.48 bits per heavy atom. The lowest BCUT2D eigenvalue weighted by atomic mass is 9.91. The number of rotatable bonds is 4. The molecule has 1 aromatic heterocycles. The maximum absolute atomic E-state index is 11.9. The molecule has 0 spiro atoms. The molecule has 1 aliphatic rings. The number of anilines is 1. The number of aromatic nitrogens is 1. The summed E-state index contributed by atoms with van der Waals surface area (Å²) in [6.07, 6.45) is 6.56. The highest BCUT2D eigenvalue weighted by Crippen LogP contribution is 2.22. The second-order valence-electron chi connectivity index (χ2n) is 7.18. The zero-order valence-electron chi connectivity index (χ0n) is 13.4. The molecule has 0 atom stereocenters. The fourth-order valence-corrected chi connectivity index (χ4v) is 2.75. The van der Waals surface area contributed by atoms with Crippen molar-refractivity contribution in [1.82, 2.24) is 10.3 Å². The lowest BCUT2D eigenvalue weighted by molar-refractivity contribution is -0.123. The van der Waals surface area contributed by atoms with Crippen molar-refractivity contribution in [1.29, 1.82) is 0 Å². The van der Waals surface area contributed by atoms with E-state index >= 15 is 0 Å². The number of nitrogens with zero attached hydrogens (tertiary/aromatic N) is 2. The third-order valence-electron chi connectivity index (χ3n) is 3.92. The Hall–Kier alpha value is -1.58. The first-order valence-corrected chi connectivity index (χ1v) is 7.86. The number of pyridine rings is 1. The number of carbonyl (C=O) groups is 1. The summed E-state index contributed by atoms with van der Waals surface area (Å²) in [5.41, 5.74) is 1.31. The number of piperidine rings is 1. The smallest absolute Gasteiger partial charge is 0.220 e. The van der Waals surface area contributed by atoms with E-state index in [0.717, 1.165) is 32.5 Å². The van der Waals surface area contributed by atoms with E-state index in [0.29, 0.717) is 12.3 Å². The molecular weight excluding hydrogens is 262 g/mol. The van der Waals surface area contributed by atoms with Gasteiger partial charge in [0.25, 0.3) is 0 Å². The SMILES string of the molecule is CC(C)(C)CC(=O)NCC1CCN(c2ccncc2)CC1. The number of nitrogens with one attached hydrogen (secondary N) is 1. The number of hydrogen-bond acceptors (Lipinski definition) is 3. The Morgan fingerprint density at radius 2 is 1.90 bits per heavy atom. The molecule has 21 heavy (non-hydrogen) atoms. The van der Waals surface area contributed by atoms with Gasteiger partial charge in [-0.1, -0.05) is 20.8 Å². The molecule has 0 radical (unpaired) electrons. The van der Waals surface area contributed by atoms with Gasteiger partial charge in [-0.2, -0.15) is 0 Å². The summed E-state index contributed by atoms with van der Waals surface area (Å²) in [5, 5.41) is 3.10. The first kappa shape index (κ1) is 15.8. The van der Waals surface area contributed by atoms with Crippen LogP contribution in [0.1, 0.15) is 40.0 Å². The molecule has 4 nitrogen and oxygen atoms in total. The molecule has 0 bridgehead atoms. The highest BCUT2D eigenvalue weighted by Gasteiger charge is 2.21. The van der Waals surface area contributed by atoms with Gasteiger partial charge in [0.1, 0.15) is 0 Å². The maximum Gasteiger partial charge on any atom is 0.220 e. The van der Waals surface area contributed by atoms with Gasteiger partial charge in [0.2, 0.25) is 5.91 Å². The van der Waals surface area contributed by atoms with Crippen molar-refractivity contribution in [3.8, 4) is 0 Å². The van der Waals surface area contributed by atoms with Crippen LogP contribution in [0.4, 0.5) is 5.69 Å². The van der Waals surface area contributed by atoms with E-state index in [1.807, 2.05) is 12.4 Å². The predicted molar refractivity (Wildman–Crippen MR) is 86.3 cm³/mol. The Balaban J connectivity index is 1.71. The highest BCUT2D eigenvalue weighted by atomic mass is 16.1. The average Bonchev–Trinajstić information content (AvgIpc) is 2.45. The average molecular weight is 289 g/mol. The summed E-state index contributed by atoms with van der Waals surface area (Å²) < 4.78 is 0. The molecule has 116 valence electrons. The van der Waals surface area contributed by atoms with E-state index in [9.17, 15) is 4.79 Å². The van der Waals surface area contributed by atoms with Crippen molar-refractivity contribution >= 4 is 11.6 Å². The predicted octanol–water partition coefficient (Wildman–Crippen LogP) is 2.85. The third kappa shape index (κ3) is 5.37. The van der Waals surface area contributed by atoms with Gasteiger partial charge in [0.15, 0.2) is 0 Å². The van der Waals surface area contributed by atoms with E-state index in [2.05, 4.69) is 48.1 Å². The van der Waals surface area contributed by atoms with Crippen LogP contribution in [0.25, 0.3) is 0 Å². The molecule has 0 aliphatic carbocycles. The maximum atomic E-state index is 11.9. The molecule has 0 saturated carbocycles. The Labute approximate surface area is 127 Å². The molecule has 1 aliphatic heterocycles. The first-order chi connectivity index (χ1) is 9.94. The zero-order valence-corrected chi connectivity index (χ0v) is 13.4. The largest absolute Gasteiger partial charge is 0.371 e. The van der Waals surface area contributed by atoms with Gasteiger partial charge in [0.05, 0.1) is 0 Å². The Bertz CT molecular complexity index is 445. The van der Waals surface area contributed by atoms with Crippen LogP contribution in [-0.4, -0.2) is 30.5 Å². The van der Waals surface area contributed by atoms with Crippen LogP contribution >= 0.6 is 0 Å². The fourth-order valence-electron chi connectivity index (χ4n) is 2.75. The number of amides is 1. The van der Waals surface area contributed by atoms with Gasteiger partial charge < -0.3 is 10.2 Å². The van der Waals surface area contributed by atoms with Gasteiger partial charge >= 0.3 is 0 Å². The molecule has 1 fully saturated rings. The van der Waals surface area contributed by atoms with Crippen LogP contribution in [-0.2, 0) is 4.79 Å². The van der Waals surface area contributed by atoms with Gasteiger partial charge in [0, 0.05) is 44.1 Å². The van der Waals surface area contributed by atoms with Crippen LogP contribution in [0.5, 0.6) is 0 Å². The van der Waals surface area contributed by atoms with Crippen molar-refractivity contribution in [3.63, 3.8) is 0 Å². The Kier molecular flexibility index (Phi) is 5.21. The van der Waals surface area contributed by atoms with Crippen molar-refractivity contribution in [3.05, 3.63) is 24.5 Å². The van der Waals surface area contributed by atoms with Crippen LogP contribution in [0.15, 0.2) is 24.5 Å². The van der Waals surface area contributed by atoms with Gasteiger partial charge in [-0.05, 0) is 36.3 Å². The second-order valence-corrected chi connectivity index (χ2v) is 7.18. The Morgan fingerprint density at radius 1 is 1.29 bits per heavy atom. The molecule has 2 rings (SSSR count). The number of hydrogen-bond donors (Lipinski definition) is 1. The minimum atomic E-state index is 0.0643. The van der Waals surface area contributed by atoms with Crippen molar-refractivity contribution in [2.45, 2.75) is 40.0 Å². The van der Waals surface area contributed by atoms with Gasteiger partial charge in [-0.15, -0.1) is 0 Å². The van der Waals surface area contributed by atoms with E-state index in [1.54, 1.807) is 0 Å². The molecule has 1 aromatic rings. The molecule has 1 saturated heterocycles. The zero-order chi connectivity index (χ0) is 15.3. The van der Waals surface area contributed by atoms with Crippen LogP contribution in [0.3, 0.4) is 0 Å². The van der Waals surface area contributed by atoms with Gasteiger partial charge in [-0.25, -0.2) is 0 Å². The van der Waals surface area contributed by atoms with E-state index in [1.165, 1.54) is 5.69 Å². The quantitative estimate of drug-likeness (QED) is 0.927. The van der Waals surface area contributed by atoms with E-state index in [4.69, 9.17) is 0 Å². The molecule has 4 heteroatoms. The van der Waals surface area contributed by atoms with E-state index in [-0.39, 0.29) is 11.3 Å². The van der Waals surface area contributed by atoms with Crippen molar-refractivity contribution in [2.75, 3.05) is 24.5 Å². The molecule has 1 N–H and O–H groups in total. The number of carbonyl (C=O) groups excluding carboxylic acids is 1.